The number of pyridine rings is 1. The van der Waals surface area contributed by atoms with Gasteiger partial charge in [0.1, 0.15) is 22.8 Å². The van der Waals surface area contributed by atoms with Gasteiger partial charge in [-0.15, -0.1) is 11.3 Å². The van der Waals surface area contributed by atoms with Crippen molar-refractivity contribution in [2.45, 2.75) is 13.8 Å². The van der Waals surface area contributed by atoms with E-state index in [2.05, 4.69) is 54.3 Å². The molecule has 5 rings (SSSR count). The smallest absolute Gasteiger partial charge is 0.267 e. The lowest BCUT2D eigenvalue weighted by Gasteiger charge is -2.37. The Bertz CT molecular complexity index is 1260. The van der Waals surface area contributed by atoms with Gasteiger partial charge in [0.25, 0.3) is 5.91 Å². The van der Waals surface area contributed by atoms with Crippen molar-refractivity contribution in [3.05, 3.63) is 71.0 Å². The number of para-hydroxylation sites is 1. The van der Waals surface area contributed by atoms with Crippen LogP contribution in [0.25, 0.3) is 10.2 Å². The van der Waals surface area contributed by atoms with Crippen LogP contribution in [0.3, 0.4) is 0 Å². The van der Waals surface area contributed by atoms with Crippen LogP contribution >= 0.6 is 11.3 Å². The molecular formula is C24H24N6OS. The number of rotatable bonds is 4. The third kappa shape index (κ3) is 3.89. The van der Waals surface area contributed by atoms with Crippen molar-refractivity contribution in [2.75, 3.05) is 41.3 Å². The minimum Gasteiger partial charge on any atom is -0.368 e. The second kappa shape index (κ2) is 8.55. The second-order valence-electron chi connectivity index (χ2n) is 7.86. The molecule has 1 aliphatic heterocycles. The molecule has 1 N–H and O–H groups in total. The zero-order chi connectivity index (χ0) is 22.1. The monoisotopic (exact) mass is 444 g/mol. The first kappa shape index (κ1) is 20.4. The number of carbonyl (C=O) groups is 1. The van der Waals surface area contributed by atoms with Crippen molar-refractivity contribution >= 4 is 44.8 Å². The molecule has 0 unspecified atom stereocenters. The van der Waals surface area contributed by atoms with Crippen molar-refractivity contribution in [1.29, 1.82) is 0 Å². The van der Waals surface area contributed by atoms with Crippen LogP contribution in [-0.4, -0.2) is 47.0 Å². The summed E-state index contributed by atoms with van der Waals surface area (Å²) in [4.78, 5) is 32.6. The maximum Gasteiger partial charge on any atom is 0.267 e. The van der Waals surface area contributed by atoms with Crippen LogP contribution in [-0.2, 0) is 0 Å². The number of nitrogens with one attached hydrogen (secondary N) is 1. The summed E-state index contributed by atoms with van der Waals surface area (Å²) in [6.07, 6.45) is 1.60. The molecule has 0 saturated carbocycles. The highest BCUT2D eigenvalue weighted by molar-refractivity contribution is 7.20. The Morgan fingerprint density at radius 3 is 2.44 bits per heavy atom. The minimum absolute atomic E-state index is 0.163. The lowest BCUT2D eigenvalue weighted by Crippen LogP contribution is -2.46. The molecule has 0 spiro atoms. The topological polar surface area (TPSA) is 74.2 Å². The van der Waals surface area contributed by atoms with Gasteiger partial charge in [-0.25, -0.2) is 15.0 Å². The molecule has 4 aromatic rings. The fourth-order valence-electron chi connectivity index (χ4n) is 4.11. The summed E-state index contributed by atoms with van der Waals surface area (Å²) in [6.45, 7) is 7.45. The maximum atomic E-state index is 13.0. The molecule has 7 nitrogen and oxygen atoms in total. The van der Waals surface area contributed by atoms with E-state index in [1.165, 1.54) is 17.0 Å². The number of fused-ring (bicyclic) bond motifs is 1. The van der Waals surface area contributed by atoms with Gasteiger partial charge >= 0.3 is 0 Å². The van der Waals surface area contributed by atoms with Crippen molar-refractivity contribution in [3.63, 3.8) is 0 Å². The molecule has 1 aromatic carbocycles. The molecular weight excluding hydrogens is 420 g/mol. The highest BCUT2D eigenvalue weighted by Gasteiger charge is 2.24. The van der Waals surface area contributed by atoms with Crippen LogP contribution in [0, 0.1) is 13.8 Å². The predicted octanol–water partition coefficient (Wildman–Crippen LogP) is 4.28. The average Bonchev–Trinajstić information content (AvgIpc) is 3.17. The van der Waals surface area contributed by atoms with Crippen LogP contribution in [0.4, 0.5) is 17.3 Å². The number of nitrogens with zero attached hydrogens (tertiary/aromatic N) is 5. The van der Waals surface area contributed by atoms with Crippen molar-refractivity contribution in [1.82, 2.24) is 15.0 Å². The van der Waals surface area contributed by atoms with Crippen LogP contribution in [0.2, 0.25) is 0 Å². The third-order valence-electron chi connectivity index (χ3n) is 5.74. The molecule has 0 bridgehead atoms. The number of thiophene rings is 1. The van der Waals surface area contributed by atoms with E-state index in [4.69, 9.17) is 0 Å². The molecule has 1 amide bonds. The first-order valence-corrected chi connectivity index (χ1v) is 11.5. The quantitative estimate of drug-likeness (QED) is 0.506. The molecule has 3 aromatic heterocycles. The zero-order valence-electron chi connectivity index (χ0n) is 18.1. The van der Waals surface area contributed by atoms with Gasteiger partial charge in [0.05, 0.1) is 10.3 Å². The summed E-state index contributed by atoms with van der Waals surface area (Å²) in [7, 11) is 0. The lowest BCUT2D eigenvalue weighted by molar-refractivity contribution is 0.102. The molecule has 0 aliphatic carbocycles. The number of carbonyl (C=O) groups excluding carboxylic acids is 1. The molecule has 8 heteroatoms. The standard InChI is InChI=1S/C24H24N6OS/c1-16-7-6-10-19(27-16)28-23(31)21-17(2)20-22(25-15-26-24(20)32-21)30-13-11-29(12-14-30)18-8-4-3-5-9-18/h3-10,15H,11-14H2,1-2H3,(H,27,28,31). The minimum atomic E-state index is -0.163. The van der Waals surface area contributed by atoms with Gasteiger partial charge in [-0.1, -0.05) is 24.3 Å². The molecule has 1 aliphatic rings. The first-order chi connectivity index (χ1) is 15.6. The molecule has 0 radical (unpaired) electrons. The largest absolute Gasteiger partial charge is 0.368 e. The number of piperazine rings is 1. The van der Waals surface area contributed by atoms with E-state index in [1.807, 2.05) is 32.0 Å². The number of amides is 1. The van der Waals surface area contributed by atoms with Gasteiger partial charge in [0.2, 0.25) is 0 Å². The molecule has 4 heterocycles. The van der Waals surface area contributed by atoms with Gasteiger partial charge in [-0.2, -0.15) is 0 Å². The molecule has 162 valence electrons. The Hall–Kier alpha value is -3.52. The van der Waals surface area contributed by atoms with Crippen molar-refractivity contribution in [2.24, 2.45) is 0 Å². The van der Waals surface area contributed by atoms with Crippen molar-refractivity contribution < 1.29 is 4.79 Å². The summed E-state index contributed by atoms with van der Waals surface area (Å²) in [5.74, 6) is 1.29. The number of aromatic nitrogens is 3. The first-order valence-electron chi connectivity index (χ1n) is 10.6. The van der Waals surface area contributed by atoms with Crippen molar-refractivity contribution in [3.8, 4) is 0 Å². The Labute approximate surface area is 190 Å². The summed E-state index contributed by atoms with van der Waals surface area (Å²) in [5.41, 5.74) is 3.02. The van der Waals surface area contributed by atoms with Gasteiger partial charge < -0.3 is 15.1 Å². The van der Waals surface area contributed by atoms with E-state index < -0.39 is 0 Å². The van der Waals surface area contributed by atoms with Crippen LogP contribution < -0.4 is 15.1 Å². The Balaban J connectivity index is 1.39. The lowest BCUT2D eigenvalue weighted by atomic mass is 10.1. The SMILES string of the molecule is Cc1cccc(NC(=O)c2sc3ncnc(N4CCN(c5ccccc5)CC4)c3c2C)n1. The molecule has 1 saturated heterocycles. The highest BCUT2D eigenvalue weighted by atomic mass is 32.1. The Morgan fingerprint density at radius 2 is 1.69 bits per heavy atom. The number of hydrogen-bond acceptors (Lipinski definition) is 7. The summed E-state index contributed by atoms with van der Waals surface area (Å²) >= 11 is 1.40. The van der Waals surface area contributed by atoms with Gasteiger partial charge in [0.15, 0.2) is 0 Å². The van der Waals surface area contributed by atoms with Gasteiger partial charge in [-0.3, -0.25) is 4.79 Å². The van der Waals surface area contributed by atoms with Gasteiger partial charge in [0, 0.05) is 37.6 Å². The Morgan fingerprint density at radius 1 is 0.938 bits per heavy atom. The van der Waals surface area contributed by atoms with E-state index in [0.717, 1.165) is 53.5 Å². The average molecular weight is 445 g/mol. The van der Waals surface area contributed by atoms with E-state index in [-0.39, 0.29) is 5.91 Å². The fourth-order valence-corrected chi connectivity index (χ4v) is 5.15. The molecule has 1 fully saturated rings. The highest BCUT2D eigenvalue weighted by Crippen LogP contribution is 2.35. The van der Waals surface area contributed by atoms with Crippen LogP contribution in [0.1, 0.15) is 20.9 Å². The summed E-state index contributed by atoms with van der Waals surface area (Å²) in [5, 5.41) is 3.88. The Kier molecular flexibility index (Phi) is 5.45. The maximum absolute atomic E-state index is 13.0. The van der Waals surface area contributed by atoms with Crippen LogP contribution in [0.15, 0.2) is 54.9 Å². The number of benzene rings is 1. The number of hydrogen-bond donors (Lipinski definition) is 1. The molecule has 32 heavy (non-hydrogen) atoms. The predicted molar refractivity (Wildman–Crippen MR) is 130 cm³/mol. The summed E-state index contributed by atoms with van der Waals surface area (Å²) < 4.78 is 0. The van der Waals surface area contributed by atoms with E-state index in [1.54, 1.807) is 12.4 Å². The third-order valence-corrected chi connectivity index (χ3v) is 6.94. The van der Waals surface area contributed by atoms with Gasteiger partial charge in [-0.05, 0) is 43.7 Å². The fraction of sp³-hybridized carbons (Fsp3) is 0.250. The normalized spacial score (nSPS) is 14.1. The number of anilines is 3. The van der Waals surface area contributed by atoms with Crippen LogP contribution in [0.5, 0.6) is 0 Å². The zero-order valence-corrected chi connectivity index (χ0v) is 18.9. The second-order valence-corrected chi connectivity index (χ2v) is 8.86. The summed E-state index contributed by atoms with van der Waals surface area (Å²) in [6, 6.07) is 16.1. The molecule has 0 atom stereocenters. The van der Waals surface area contributed by atoms with E-state index in [0.29, 0.717) is 10.7 Å². The number of aryl methyl sites for hydroxylation is 2. The van der Waals surface area contributed by atoms with E-state index in [9.17, 15) is 4.79 Å². The van der Waals surface area contributed by atoms with E-state index >= 15 is 0 Å².